The van der Waals surface area contributed by atoms with Gasteiger partial charge in [0.1, 0.15) is 5.75 Å². The van der Waals surface area contributed by atoms with Gasteiger partial charge in [-0.3, -0.25) is 0 Å². The van der Waals surface area contributed by atoms with Crippen molar-refractivity contribution in [1.82, 2.24) is 10.1 Å². The van der Waals surface area contributed by atoms with Crippen molar-refractivity contribution >= 4 is 16.7 Å². The molecule has 0 spiro atoms. The zero-order chi connectivity index (χ0) is 19.3. The van der Waals surface area contributed by atoms with Gasteiger partial charge in [0, 0.05) is 5.56 Å². The van der Waals surface area contributed by atoms with E-state index in [0.29, 0.717) is 11.6 Å². The number of aryl methyl sites for hydroxylation is 1. The lowest BCUT2D eigenvalue weighted by Crippen LogP contribution is -2.14. The second kappa shape index (κ2) is 7.92. The minimum atomic E-state index is -0.511. The molecule has 0 N–H and O–H groups in total. The summed E-state index contributed by atoms with van der Waals surface area (Å²) in [7, 11) is 0. The fraction of sp³-hybridized carbons (Fsp3) is 0.136. The standard InChI is InChI=1S/C22H18N2O4/c1-15-6-8-17(9-7-15)22-23-20(28-24-22)13-27-21(25)14-26-19-11-10-16-4-2-3-5-18(16)12-19/h2-12H,13-14H2,1H3. The average molecular weight is 374 g/mol. The van der Waals surface area contributed by atoms with E-state index in [0.717, 1.165) is 21.9 Å². The zero-order valence-electron chi connectivity index (χ0n) is 15.3. The van der Waals surface area contributed by atoms with E-state index in [1.54, 1.807) is 0 Å². The van der Waals surface area contributed by atoms with Crippen LogP contribution >= 0.6 is 0 Å². The summed E-state index contributed by atoms with van der Waals surface area (Å²) >= 11 is 0. The number of nitrogens with zero attached hydrogens (tertiary/aromatic N) is 2. The van der Waals surface area contributed by atoms with E-state index in [-0.39, 0.29) is 19.1 Å². The van der Waals surface area contributed by atoms with Gasteiger partial charge in [-0.25, -0.2) is 4.79 Å². The molecule has 0 unspecified atom stereocenters. The van der Waals surface area contributed by atoms with Crippen LogP contribution in [0.3, 0.4) is 0 Å². The second-order valence-electron chi connectivity index (χ2n) is 6.34. The van der Waals surface area contributed by atoms with E-state index >= 15 is 0 Å². The van der Waals surface area contributed by atoms with Gasteiger partial charge in [0.05, 0.1) is 0 Å². The topological polar surface area (TPSA) is 74.5 Å². The lowest BCUT2D eigenvalue weighted by molar-refractivity contribution is -0.148. The van der Waals surface area contributed by atoms with Crippen LogP contribution in [0.1, 0.15) is 11.5 Å². The van der Waals surface area contributed by atoms with Gasteiger partial charge in [-0.1, -0.05) is 65.3 Å². The van der Waals surface area contributed by atoms with Gasteiger partial charge in [0.25, 0.3) is 5.89 Å². The number of aromatic nitrogens is 2. The number of carbonyl (C=O) groups excluding carboxylic acids is 1. The number of rotatable bonds is 6. The number of fused-ring (bicyclic) bond motifs is 1. The summed E-state index contributed by atoms with van der Waals surface area (Å²) in [5.41, 5.74) is 1.99. The number of benzene rings is 3. The lowest BCUT2D eigenvalue weighted by Gasteiger charge is -2.07. The fourth-order valence-electron chi connectivity index (χ4n) is 2.72. The van der Waals surface area contributed by atoms with Crippen molar-refractivity contribution in [2.45, 2.75) is 13.5 Å². The summed E-state index contributed by atoms with van der Waals surface area (Å²) in [6.45, 7) is 1.71. The molecule has 0 fully saturated rings. The number of esters is 1. The summed E-state index contributed by atoms with van der Waals surface area (Å²) in [5.74, 6) is 0.784. The van der Waals surface area contributed by atoms with Crippen molar-refractivity contribution in [1.29, 1.82) is 0 Å². The van der Waals surface area contributed by atoms with Gasteiger partial charge >= 0.3 is 5.97 Å². The molecule has 0 aliphatic rings. The molecule has 6 nitrogen and oxygen atoms in total. The summed E-state index contributed by atoms with van der Waals surface area (Å²) in [5, 5.41) is 6.06. The first kappa shape index (κ1) is 17.7. The van der Waals surface area contributed by atoms with Crippen molar-refractivity contribution in [2.24, 2.45) is 0 Å². The van der Waals surface area contributed by atoms with Crippen molar-refractivity contribution in [3.05, 3.63) is 78.2 Å². The average Bonchev–Trinajstić information content (AvgIpc) is 3.20. The van der Waals surface area contributed by atoms with Crippen LogP contribution < -0.4 is 4.74 Å². The molecule has 0 amide bonds. The SMILES string of the molecule is Cc1ccc(-c2noc(COC(=O)COc3ccc4ccccc4c3)n2)cc1. The highest BCUT2D eigenvalue weighted by Gasteiger charge is 2.12. The molecule has 1 aromatic heterocycles. The lowest BCUT2D eigenvalue weighted by atomic mass is 10.1. The maximum Gasteiger partial charge on any atom is 0.344 e. The third-order valence-corrected chi connectivity index (χ3v) is 4.21. The van der Waals surface area contributed by atoms with Crippen molar-refractivity contribution < 1.29 is 18.8 Å². The van der Waals surface area contributed by atoms with Crippen LogP contribution in [-0.2, 0) is 16.1 Å². The smallest absolute Gasteiger partial charge is 0.344 e. The fourth-order valence-corrected chi connectivity index (χ4v) is 2.72. The number of hydrogen-bond donors (Lipinski definition) is 0. The highest BCUT2D eigenvalue weighted by atomic mass is 16.6. The maximum absolute atomic E-state index is 11.9. The van der Waals surface area contributed by atoms with E-state index in [2.05, 4.69) is 10.1 Å². The minimum Gasteiger partial charge on any atom is -0.482 e. The Balaban J connectivity index is 1.30. The Morgan fingerprint density at radius 1 is 1.00 bits per heavy atom. The third-order valence-electron chi connectivity index (χ3n) is 4.21. The summed E-state index contributed by atoms with van der Waals surface area (Å²) in [6.07, 6.45) is 0. The van der Waals surface area contributed by atoms with E-state index in [9.17, 15) is 4.79 Å². The third kappa shape index (κ3) is 4.17. The van der Waals surface area contributed by atoms with Crippen LogP contribution in [0.5, 0.6) is 5.75 Å². The predicted molar refractivity (Wildman–Crippen MR) is 104 cm³/mol. The summed E-state index contributed by atoms with van der Waals surface area (Å²) < 4.78 is 15.8. The monoisotopic (exact) mass is 374 g/mol. The summed E-state index contributed by atoms with van der Waals surface area (Å²) in [4.78, 5) is 16.2. The largest absolute Gasteiger partial charge is 0.482 e. The molecule has 6 heteroatoms. The highest BCUT2D eigenvalue weighted by molar-refractivity contribution is 5.83. The van der Waals surface area contributed by atoms with E-state index in [4.69, 9.17) is 14.0 Å². The van der Waals surface area contributed by atoms with Crippen LogP contribution in [0.15, 0.2) is 71.3 Å². The Labute approximate surface area is 161 Å². The van der Waals surface area contributed by atoms with Gasteiger partial charge in [0.2, 0.25) is 5.82 Å². The van der Waals surface area contributed by atoms with Gasteiger partial charge in [-0.2, -0.15) is 4.98 Å². The first-order valence-electron chi connectivity index (χ1n) is 8.84. The highest BCUT2D eigenvalue weighted by Crippen LogP contribution is 2.20. The van der Waals surface area contributed by atoms with E-state index < -0.39 is 5.97 Å². The molecule has 0 saturated carbocycles. The first-order chi connectivity index (χ1) is 13.7. The van der Waals surface area contributed by atoms with Crippen LogP contribution in [0.2, 0.25) is 0 Å². The first-order valence-corrected chi connectivity index (χ1v) is 8.84. The molecule has 0 aliphatic heterocycles. The Hall–Kier alpha value is -3.67. The van der Waals surface area contributed by atoms with Gasteiger partial charge in [-0.05, 0) is 29.8 Å². The van der Waals surface area contributed by atoms with Crippen molar-refractivity contribution in [3.8, 4) is 17.1 Å². The molecule has 28 heavy (non-hydrogen) atoms. The molecule has 140 valence electrons. The molecule has 4 rings (SSSR count). The molecule has 0 aliphatic carbocycles. The normalized spacial score (nSPS) is 10.8. The van der Waals surface area contributed by atoms with Gasteiger partial charge < -0.3 is 14.0 Å². The molecular formula is C22H18N2O4. The summed E-state index contributed by atoms with van der Waals surface area (Å²) in [6, 6.07) is 21.3. The van der Waals surface area contributed by atoms with Gasteiger partial charge in [0.15, 0.2) is 13.2 Å². The molecule has 0 bridgehead atoms. The van der Waals surface area contributed by atoms with Crippen LogP contribution in [0.4, 0.5) is 0 Å². The molecule has 0 saturated heterocycles. The van der Waals surface area contributed by atoms with Crippen molar-refractivity contribution in [3.63, 3.8) is 0 Å². The minimum absolute atomic E-state index is 0.0984. The van der Waals surface area contributed by atoms with Crippen LogP contribution in [-0.4, -0.2) is 22.7 Å². The Bertz CT molecular complexity index is 1100. The molecule has 0 atom stereocenters. The zero-order valence-corrected chi connectivity index (χ0v) is 15.3. The molecule has 0 radical (unpaired) electrons. The Morgan fingerprint density at radius 3 is 2.61 bits per heavy atom. The van der Waals surface area contributed by atoms with E-state index in [1.807, 2.05) is 73.7 Å². The Kier molecular flexibility index (Phi) is 5.01. The van der Waals surface area contributed by atoms with Crippen LogP contribution in [0.25, 0.3) is 22.2 Å². The van der Waals surface area contributed by atoms with Crippen molar-refractivity contribution in [2.75, 3.05) is 6.61 Å². The molecule has 4 aromatic rings. The predicted octanol–water partition coefficient (Wildman–Crippen LogP) is 4.32. The van der Waals surface area contributed by atoms with Crippen LogP contribution in [0, 0.1) is 6.92 Å². The maximum atomic E-state index is 11.9. The second-order valence-corrected chi connectivity index (χ2v) is 6.34. The number of carbonyl (C=O) groups is 1. The van der Waals surface area contributed by atoms with E-state index in [1.165, 1.54) is 0 Å². The quantitative estimate of drug-likeness (QED) is 0.468. The Morgan fingerprint density at radius 2 is 1.79 bits per heavy atom. The molecule has 3 aromatic carbocycles. The number of hydrogen-bond acceptors (Lipinski definition) is 6. The molecular weight excluding hydrogens is 356 g/mol. The van der Waals surface area contributed by atoms with Gasteiger partial charge in [-0.15, -0.1) is 0 Å². The molecule has 1 heterocycles. The number of ether oxygens (including phenoxy) is 2.